The lowest BCUT2D eigenvalue weighted by Crippen LogP contribution is -2.10. The molecule has 0 aliphatic heterocycles. The average molecular weight is 267 g/mol. The third-order valence-corrected chi connectivity index (χ3v) is 3.14. The van der Waals surface area contributed by atoms with E-state index in [9.17, 15) is 0 Å². The fraction of sp³-hybridized carbons (Fsp3) is 0.300. The Morgan fingerprint density at radius 1 is 1.39 bits per heavy atom. The zero-order chi connectivity index (χ0) is 13.1. The number of rotatable bonds is 4. The maximum Gasteiger partial charge on any atom is 0.262 e. The zero-order valence-corrected chi connectivity index (χ0v) is 11.0. The summed E-state index contributed by atoms with van der Waals surface area (Å²) in [5.74, 6) is 7.00. The van der Waals surface area contributed by atoms with Crippen molar-refractivity contribution in [3.05, 3.63) is 17.8 Å². The molecule has 0 unspecified atom stereocenters. The molecule has 0 aromatic carbocycles. The maximum absolute atomic E-state index is 5.48. The number of hydrazine groups is 1. The van der Waals surface area contributed by atoms with Gasteiger partial charge in [-0.3, -0.25) is 0 Å². The molecule has 3 N–H and O–H groups in total. The Bertz CT molecular complexity index is 538. The van der Waals surface area contributed by atoms with Gasteiger partial charge in [0.1, 0.15) is 12.1 Å². The summed E-state index contributed by atoms with van der Waals surface area (Å²) >= 11 is 1.25. The van der Waals surface area contributed by atoms with Gasteiger partial charge in [0.15, 0.2) is 16.6 Å². The standard InChI is InChI=1S/C10H13N5O2S/c1-5-6(2)17-10(14-5)18-9-7(16-3)8(15-11)12-4-13-9/h4H,11H2,1-3H3,(H,12,13,15). The lowest BCUT2D eigenvalue weighted by atomic mass is 10.4. The van der Waals surface area contributed by atoms with Crippen molar-refractivity contribution in [1.29, 1.82) is 0 Å². The molecule has 2 heterocycles. The first-order chi connectivity index (χ1) is 8.65. The Labute approximate surface area is 108 Å². The average Bonchev–Trinajstić information content (AvgIpc) is 2.68. The molecule has 2 rings (SSSR count). The second-order valence-corrected chi connectivity index (χ2v) is 4.37. The second-order valence-electron chi connectivity index (χ2n) is 3.43. The highest BCUT2D eigenvalue weighted by atomic mass is 32.2. The number of methoxy groups -OCH3 is 1. The molecule has 0 atom stereocenters. The van der Waals surface area contributed by atoms with Crippen LogP contribution in [-0.2, 0) is 0 Å². The van der Waals surface area contributed by atoms with Crippen LogP contribution in [0, 0.1) is 13.8 Å². The predicted molar refractivity (Wildman–Crippen MR) is 66.5 cm³/mol. The van der Waals surface area contributed by atoms with Crippen LogP contribution in [0.25, 0.3) is 0 Å². The number of nitrogens with two attached hydrogens (primary N) is 1. The first kappa shape index (κ1) is 12.7. The summed E-state index contributed by atoms with van der Waals surface area (Å²) in [4.78, 5) is 12.3. The smallest absolute Gasteiger partial charge is 0.262 e. The van der Waals surface area contributed by atoms with E-state index in [0.717, 1.165) is 11.5 Å². The molecule has 0 spiro atoms. The summed E-state index contributed by atoms with van der Waals surface area (Å²) in [6.45, 7) is 3.74. The minimum absolute atomic E-state index is 0.412. The van der Waals surface area contributed by atoms with Crippen molar-refractivity contribution in [2.45, 2.75) is 24.1 Å². The number of anilines is 1. The highest BCUT2D eigenvalue weighted by Crippen LogP contribution is 2.36. The van der Waals surface area contributed by atoms with Gasteiger partial charge in [-0.05, 0) is 25.6 Å². The number of hydrogen-bond acceptors (Lipinski definition) is 8. The molecule has 0 aliphatic carbocycles. The van der Waals surface area contributed by atoms with Gasteiger partial charge in [0.2, 0.25) is 0 Å². The lowest BCUT2D eigenvalue weighted by Gasteiger charge is -2.08. The van der Waals surface area contributed by atoms with Crippen LogP contribution in [-0.4, -0.2) is 22.1 Å². The normalized spacial score (nSPS) is 10.4. The second kappa shape index (κ2) is 5.23. The zero-order valence-electron chi connectivity index (χ0n) is 10.2. The van der Waals surface area contributed by atoms with E-state index in [2.05, 4.69) is 20.4 Å². The first-order valence-electron chi connectivity index (χ1n) is 5.13. The number of ether oxygens (including phenoxy) is 1. The van der Waals surface area contributed by atoms with Crippen molar-refractivity contribution >= 4 is 17.6 Å². The van der Waals surface area contributed by atoms with Gasteiger partial charge in [-0.1, -0.05) is 0 Å². The highest BCUT2D eigenvalue weighted by Gasteiger charge is 2.16. The number of hydrogen-bond donors (Lipinski definition) is 2. The Hall–Kier alpha value is -1.80. The van der Waals surface area contributed by atoms with Crippen molar-refractivity contribution in [3.8, 4) is 5.75 Å². The number of aryl methyl sites for hydroxylation is 2. The van der Waals surface area contributed by atoms with E-state index in [0.29, 0.717) is 21.8 Å². The highest BCUT2D eigenvalue weighted by molar-refractivity contribution is 7.99. The van der Waals surface area contributed by atoms with Crippen molar-refractivity contribution < 1.29 is 9.15 Å². The van der Waals surface area contributed by atoms with Gasteiger partial charge in [-0.2, -0.15) is 0 Å². The summed E-state index contributed by atoms with van der Waals surface area (Å²) in [6, 6.07) is 0. The molecule has 7 nitrogen and oxygen atoms in total. The van der Waals surface area contributed by atoms with E-state index < -0.39 is 0 Å². The van der Waals surface area contributed by atoms with Crippen LogP contribution in [0.4, 0.5) is 5.82 Å². The van der Waals surface area contributed by atoms with Gasteiger partial charge >= 0.3 is 0 Å². The first-order valence-corrected chi connectivity index (χ1v) is 5.94. The Balaban J connectivity index is 2.33. The molecule has 0 saturated heterocycles. The largest absolute Gasteiger partial charge is 0.490 e. The minimum atomic E-state index is 0.412. The quantitative estimate of drug-likeness (QED) is 0.489. The lowest BCUT2D eigenvalue weighted by molar-refractivity contribution is 0.398. The summed E-state index contributed by atoms with van der Waals surface area (Å²) in [5.41, 5.74) is 3.30. The van der Waals surface area contributed by atoms with Gasteiger partial charge in [0.25, 0.3) is 5.22 Å². The summed E-state index contributed by atoms with van der Waals surface area (Å²) in [5, 5.41) is 1.09. The number of nitrogen functional groups attached to an aromatic ring is 1. The Morgan fingerprint density at radius 2 is 2.17 bits per heavy atom. The van der Waals surface area contributed by atoms with Crippen LogP contribution in [0.15, 0.2) is 21.0 Å². The van der Waals surface area contributed by atoms with Crippen molar-refractivity contribution in [1.82, 2.24) is 15.0 Å². The molecule has 2 aromatic rings. The topological polar surface area (TPSA) is 99.1 Å². The van der Waals surface area contributed by atoms with Gasteiger partial charge in [-0.15, -0.1) is 0 Å². The molecule has 2 aromatic heterocycles. The molecule has 0 fully saturated rings. The van der Waals surface area contributed by atoms with Crippen LogP contribution in [0.2, 0.25) is 0 Å². The molecule has 18 heavy (non-hydrogen) atoms. The van der Waals surface area contributed by atoms with Crippen LogP contribution >= 0.6 is 11.8 Å². The Kier molecular flexibility index (Phi) is 3.68. The maximum atomic E-state index is 5.48. The fourth-order valence-corrected chi connectivity index (χ4v) is 2.17. The SMILES string of the molecule is COc1c(NN)ncnc1Sc1nc(C)c(C)o1. The predicted octanol–water partition coefficient (Wildman–Crippen LogP) is 1.53. The molecule has 0 saturated carbocycles. The Morgan fingerprint density at radius 3 is 2.72 bits per heavy atom. The molecule has 96 valence electrons. The van der Waals surface area contributed by atoms with Crippen LogP contribution < -0.4 is 16.0 Å². The van der Waals surface area contributed by atoms with E-state index >= 15 is 0 Å². The van der Waals surface area contributed by atoms with E-state index in [1.165, 1.54) is 25.2 Å². The number of oxazole rings is 1. The van der Waals surface area contributed by atoms with Crippen molar-refractivity contribution in [2.24, 2.45) is 5.84 Å². The van der Waals surface area contributed by atoms with Gasteiger partial charge in [-0.25, -0.2) is 20.8 Å². The number of aromatic nitrogens is 3. The van der Waals surface area contributed by atoms with Crippen LogP contribution in [0.3, 0.4) is 0 Å². The van der Waals surface area contributed by atoms with Gasteiger partial charge in [0, 0.05) is 0 Å². The fourth-order valence-electron chi connectivity index (χ4n) is 1.29. The van der Waals surface area contributed by atoms with E-state index in [-0.39, 0.29) is 0 Å². The van der Waals surface area contributed by atoms with Gasteiger partial charge in [0.05, 0.1) is 12.8 Å². The number of nitrogens with one attached hydrogen (secondary N) is 1. The summed E-state index contributed by atoms with van der Waals surface area (Å²) in [6.07, 6.45) is 1.39. The van der Waals surface area contributed by atoms with E-state index in [1.807, 2.05) is 13.8 Å². The van der Waals surface area contributed by atoms with E-state index in [1.54, 1.807) is 0 Å². The third kappa shape index (κ3) is 2.39. The summed E-state index contributed by atoms with van der Waals surface area (Å²) in [7, 11) is 1.52. The minimum Gasteiger partial charge on any atom is -0.490 e. The third-order valence-electron chi connectivity index (χ3n) is 2.30. The summed E-state index contributed by atoms with van der Waals surface area (Å²) < 4.78 is 10.7. The van der Waals surface area contributed by atoms with E-state index in [4.69, 9.17) is 15.0 Å². The van der Waals surface area contributed by atoms with Crippen LogP contribution in [0.5, 0.6) is 5.75 Å². The molecule has 0 bridgehead atoms. The van der Waals surface area contributed by atoms with Crippen molar-refractivity contribution in [3.63, 3.8) is 0 Å². The number of nitrogens with zero attached hydrogens (tertiary/aromatic N) is 3. The molecule has 0 aliphatic rings. The molecular formula is C10H13N5O2S. The molecule has 0 radical (unpaired) electrons. The van der Waals surface area contributed by atoms with Crippen LogP contribution in [0.1, 0.15) is 11.5 Å². The monoisotopic (exact) mass is 267 g/mol. The van der Waals surface area contributed by atoms with Gasteiger partial charge < -0.3 is 14.6 Å². The van der Waals surface area contributed by atoms with Crippen molar-refractivity contribution in [2.75, 3.05) is 12.5 Å². The molecule has 0 amide bonds. The molecule has 8 heteroatoms. The molecular weight excluding hydrogens is 254 g/mol.